The van der Waals surface area contributed by atoms with Crippen LogP contribution < -0.4 is 37.9 Å². The maximum absolute atomic E-state index is 11.4. The summed E-state index contributed by atoms with van der Waals surface area (Å²) >= 11 is 0. The molecule has 532 valence electrons. The van der Waals surface area contributed by atoms with E-state index in [1.54, 1.807) is 47.3 Å². The normalized spacial score (nSPS) is 18.7. The van der Waals surface area contributed by atoms with E-state index in [1.807, 2.05) is 70.2 Å². The van der Waals surface area contributed by atoms with E-state index < -0.39 is 17.9 Å². The smallest absolute Gasteiger partial charge is 0.306 e. The molecule has 0 aromatic carbocycles. The number of aliphatic carboxylic acids is 3. The standard InChI is InChI=1S/C24H28N6O5.C23H28N6O4.C22H26N6O5/c1-14-20(34-17-5-3-4-15(10-17)24(31)32)9-8-18(27-14)23-19(30(2)29-28-23)12-33-21-11-22(26-13-25-21)35-16-6-7-16;1-4-16-11-21(25-13-24-16)32-12-19-22(27-28-29(19)3)18-8-9-20(14(2)26-18)33-17-7-5-6-15(10-17)23(30)31;1-13-18(33-15-6-4-5-14(9-15)22(29)30)8-7-16(25-13)21-17(28(2)27-26-21)11-32-20-10-19(31-3)23-12-24-20/h8-9,11,13,15-17H,3-7,10,12H2,1-2H3,(H,31,32);8-9,11,13,15,17H,4-7,10,12H2,1-3H3,(H,30,31);7-8,10,12,14-15H,4-6,9,11H2,1-3H3,(H,29,30)/t2*15-,17-;14-,15-/m000/s1. The molecule has 4 aliphatic carbocycles. The van der Waals surface area contributed by atoms with Crippen LogP contribution in [0.1, 0.15) is 137 Å². The third-order valence-electron chi connectivity index (χ3n) is 17.9. The molecule has 4 saturated carbocycles. The SMILES string of the molecule is CCc1cc(OCc2c(-c3ccc(O[C@H]4CCC[C@H](C(=O)O)C4)c(C)n3)nnn2C)ncn1.COc1cc(OCc2c(-c3ccc(O[C@H]4CCC[C@H](C(=O)O)C4)c(C)n3)nnn2C)ncn1.Cc1nc(-c2nnn(C)c2COc2cc(OC3CC3)ncn2)ccc1O[C@H]1CCC[C@H](C(=O)O)C1. The fourth-order valence-electron chi connectivity index (χ4n) is 12.0. The summed E-state index contributed by atoms with van der Waals surface area (Å²) in [7, 11) is 6.90. The fraction of sp³-hybridized carbons (Fsp3) is 0.478. The highest BCUT2D eigenvalue weighted by Crippen LogP contribution is 2.36. The Hall–Kier alpha value is -11.1. The molecule has 9 aromatic heterocycles. The van der Waals surface area contributed by atoms with E-state index in [0.29, 0.717) is 136 Å². The van der Waals surface area contributed by atoms with Gasteiger partial charge in [0, 0.05) is 32.9 Å². The number of hydrogen-bond acceptors (Lipinski definition) is 26. The van der Waals surface area contributed by atoms with Crippen LogP contribution in [0.15, 0.2) is 73.6 Å². The van der Waals surface area contributed by atoms with Gasteiger partial charge < -0.3 is 53.2 Å². The molecule has 0 bridgehead atoms. The van der Waals surface area contributed by atoms with Crippen molar-refractivity contribution in [1.29, 1.82) is 0 Å². The number of carboxylic acids is 3. The lowest BCUT2D eigenvalue weighted by atomic mass is 9.87. The van der Waals surface area contributed by atoms with Crippen LogP contribution in [0.2, 0.25) is 0 Å². The van der Waals surface area contributed by atoms with E-state index in [4.69, 9.17) is 37.9 Å². The number of hydrogen-bond donors (Lipinski definition) is 3. The predicted octanol–water partition coefficient (Wildman–Crippen LogP) is 8.84. The van der Waals surface area contributed by atoms with Gasteiger partial charge >= 0.3 is 17.9 Å². The molecule has 0 amide bonds. The summed E-state index contributed by atoms with van der Waals surface area (Å²) < 4.78 is 51.6. The molecule has 9 heterocycles. The van der Waals surface area contributed by atoms with Crippen molar-refractivity contribution in [2.45, 2.75) is 168 Å². The van der Waals surface area contributed by atoms with E-state index in [9.17, 15) is 29.7 Å². The maximum Gasteiger partial charge on any atom is 0.306 e. The van der Waals surface area contributed by atoms with Crippen molar-refractivity contribution in [1.82, 2.24) is 89.8 Å². The molecule has 4 aliphatic rings. The second-order valence-corrected chi connectivity index (χ2v) is 25.2. The van der Waals surface area contributed by atoms with E-state index >= 15 is 0 Å². The van der Waals surface area contributed by atoms with Crippen LogP contribution in [0.25, 0.3) is 34.2 Å². The second kappa shape index (κ2) is 33.2. The summed E-state index contributed by atoms with van der Waals surface area (Å²) in [5, 5.41) is 53.2. The molecule has 3 N–H and O–H groups in total. The van der Waals surface area contributed by atoms with E-state index in [1.165, 1.54) is 26.1 Å². The fourth-order valence-corrected chi connectivity index (χ4v) is 12.0. The molecule has 13 rings (SSSR count). The van der Waals surface area contributed by atoms with Gasteiger partial charge in [-0.25, -0.2) is 58.9 Å². The van der Waals surface area contributed by atoms with Gasteiger partial charge in [-0.2, -0.15) is 0 Å². The highest BCUT2D eigenvalue weighted by atomic mass is 16.5. The van der Waals surface area contributed by atoms with Crippen LogP contribution in [-0.2, 0) is 61.8 Å². The van der Waals surface area contributed by atoms with E-state index in [2.05, 4.69) is 75.8 Å². The molecule has 6 atom stereocenters. The monoisotopic (exact) mass is 1390 g/mol. The van der Waals surface area contributed by atoms with Gasteiger partial charge in [-0.3, -0.25) is 14.4 Å². The first kappa shape index (κ1) is 71.2. The summed E-state index contributed by atoms with van der Waals surface area (Å²) in [5.74, 6) is 0.810. The number of rotatable bonds is 25. The van der Waals surface area contributed by atoms with E-state index in [0.717, 1.165) is 80.6 Å². The van der Waals surface area contributed by atoms with Gasteiger partial charge in [0.1, 0.15) is 96.3 Å². The molecular formula is C69H82N18O14. The van der Waals surface area contributed by atoms with Crippen molar-refractivity contribution in [3.63, 3.8) is 0 Å². The number of aromatic nitrogens is 18. The van der Waals surface area contributed by atoms with Crippen molar-refractivity contribution in [3.05, 3.63) is 113 Å². The highest BCUT2D eigenvalue weighted by Gasteiger charge is 2.32. The summed E-state index contributed by atoms with van der Waals surface area (Å²) in [6, 6.07) is 16.1. The molecule has 0 radical (unpaired) electrons. The molecule has 0 saturated heterocycles. The van der Waals surface area contributed by atoms with Crippen LogP contribution in [0.4, 0.5) is 0 Å². The van der Waals surface area contributed by atoms with Crippen LogP contribution in [0.3, 0.4) is 0 Å². The van der Waals surface area contributed by atoms with E-state index in [-0.39, 0.29) is 62.0 Å². The van der Waals surface area contributed by atoms with Crippen molar-refractivity contribution < 1.29 is 67.6 Å². The van der Waals surface area contributed by atoms with Crippen molar-refractivity contribution in [3.8, 4) is 80.8 Å². The van der Waals surface area contributed by atoms with Crippen LogP contribution in [-0.4, -0.2) is 155 Å². The Balaban J connectivity index is 0.000000153. The Morgan fingerprint density at radius 3 is 1.13 bits per heavy atom. The first-order valence-corrected chi connectivity index (χ1v) is 33.7. The average molecular weight is 1390 g/mol. The maximum atomic E-state index is 11.4. The predicted molar refractivity (Wildman–Crippen MR) is 358 cm³/mol. The van der Waals surface area contributed by atoms with Gasteiger partial charge in [0.05, 0.1) is 89.5 Å². The number of carboxylic acid groups (broad SMARTS) is 3. The third kappa shape index (κ3) is 18.8. The molecular weight excluding hydrogens is 1300 g/mol. The van der Waals surface area contributed by atoms with Crippen molar-refractivity contribution in [2.75, 3.05) is 7.11 Å². The number of aryl methyl sites for hydroxylation is 7. The number of methoxy groups -OCH3 is 1. The van der Waals surface area contributed by atoms with Crippen LogP contribution in [0, 0.1) is 38.5 Å². The van der Waals surface area contributed by atoms with Gasteiger partial charge in [0.15, 0.2) is 0 Å². The van der Waals surface area contributed by atoms with Gasteiger partial charge in [-0.15, -0.1) is 15.3 Å². The van der Waals surface area contributed by atoms with Gasteiger partial charge in [0.25, 0.3) is 0 Å². The number of nitrogens with zero attached hydrogens (tertiary/aromatic N) is 18. The average Bonchev–Trinajstić information content (AvgIpc) is 1.75. The first-order chi connectivity index (χ1) is 48.8. The van der Waals surface area contributed by atoms with Gasteiger partial charge in [-0.1, -0.05) is 22.6 Å². The Kier molecular flexibility index (Phi) is 23.4. The van der Waals surface area contributed by atoms with Gasteiger partial charge in [-0.05, 0) is 153 Å². The number of pyridine rings is 3. The quantitative estimate of drug-likeness (QED) is 0.0480. The van der Waals surface area contributed by atoms with Crippen molar-refractivity contribution >= 4 is 17.9 Å². The minimum Gasteiger partial charge on any atom is -0.489 e. The molecule has 32 heteroatoms. The first-order valence-electron chi connectivity index (χ1n) is 33.7. The summed E-state index contributed by atoms with van der Waals surface area (Å²) in [5.41, 5.74) is 9.03. The topological polar surface area (TPSA) is 394 Å². The molecule has 0 spiro atoms. The lowest BCUT2D eigenvalue weighted by Gasteiger charge is -2.27. The van der Waals surface area contributed by atoms with Crippen LogP contribution >= 0.6 is 0 Å². The zero-order valence-corrected chi connectivity index (χ0v) is 57.6. The molecule has 4 fully saturated rings. The Morgan fingerprint density at radius 1 is 0.436 bits per heavy atom. The van der Waals surface area contributed by atoms with Gasteiger partial charge in [0.2, 0.25) is 29.4 Å². The lowest BCUT2D eigenvalue weighted by Crippen LogP contribution is -2.29. The molecule has 0 unspecified atom stereocenters. The lowest BCUT2D eigenvalue weighted by molar-refractivity contribution is -0.144. The Morgan fingerprint density at radius 2 is 0.782 bits per heavy atom. The Labute approximate surface area is 581 Å². The minimum absolute atomic E-state index is 0.118. The summed E-state index contributed by atoms with van der Waals surface area (Å²) in [6.07, 6.45) is 15.7. The summed E-state index contributed by atoms with van der Waals surface area (Å²) in [6.45, 7) is 8.22. The largest absolute Gasteiger partial charge is 0.489 e. The molecule has 0 aliphatic heterocycles. The Bertz CT molecular complexity index is 4160. The third-order valence-corrected chi connectivity index (χ3v) is 17.9. The zero-order chi connectivity index (χ0) is 71.1. The molecule has 101 heavy (non-hydrogen) atoms. The number of ether oxygens (including phenoxy) is 8. The molecule has 9 aromatic rings. The number of carbonyl (C=O) groups is 3. The second-order valence-electron chi connectivity index (χ2n) is 25.2. The van der Waals surface area contributed by atoms with Crippen molar-refractivity contribution in [2.24, 2.45) is 38.9 Å². The van der Waals surface area contributed by atoms with Crippen LogP contribution in [0.5, 0.6) is 46.6 Å². The summed E-state index contributed by atoms with van der Waals surface area (Å²) in [4.78, 5) is 72.7. The minimum atomic E-state index is -0.758. The molecule has 32 nitrogen and oxygen atoms in total. The zero-order valence-electron chi connectivity index (χ0n) is 57.6. The highest BCUT2D eigenvalue weighted by molar-refractivity contribution is 5.71.